The van der Waals surface area contributed by atoms with Gasteiger partial charge in [-0.1, -0.05) is 12.1 Å². The summed E-state index contributed by atoms with van der Waals surface area (Å²) in [4.78, 5) is 29.5. The summed E-state index contributed by atoms with van der Waals surface area (Å²) >= 11 is 0. The molecule has 0 aromatic heterocycles. The van der Waals surface area contributed by atoms with E-state index in [1.54, 1.807) is 18.9 Å². The summed E-state index contributed by atoms with van der Waals surface area (Å²) < 4.78 is 10.8. The molecular formula is C22H26N2O5. The molecule has 1 spiro atoms. The molecule has 1 aliphatic carbocycles. The Morgan fingerprint density at radius 3 is 2.83 bits per heavy atom. The van der Waals surface area contributed by atoms with Crippen molar-refractivity contribution in [2.24, 2.45) is 11.8 Å². The van der Waals surface area contributed by atoms with E-state index in [1.165, 1.54) is 7.11 Å². The van der Waals surface area contributed by atoms with E-state index in [0.29, 0.717) is 11.3 Å². The van der Waals surface area contributed by atoms with Crippen LogP contribution in [-0.2, 0) is 19.7 Å². The van der Waals surface area contributed by atoms with Gasteiger partial charge in [-0.25, -0.2) is 4.79 Å². The second kappa shape index (κ2) is 6.31. The number of carbonyl (C=O) groups excluding carboxylic acids is 2. The molecule has 0 unspecified atom stereocenters. The Labute approximate surface area is 169 Å². The van der Waals surface area contributed by atoms with E-state index in [-0.39, 0.29) is 17.9 Å². The first-order chi connectivity index (χ1) is 14.0. The van der Waals surface area contributed by atoms with Crippen LogP contribution in [0.1, 0.15) is 25.3 Å². The standard InChI is InChI=1S/C22H26N2O5/c1-12(26)14-10-23-8-7-22-15-5-4-6-16(28-2)19(15)24(11-25)20(22)18(21(27)29-3)13(14)9-17(22)23/h4-6,11-14,17,26H,7-10H2,1-3H3/t12-,13-,14-,17-,22+/m0/s1. The minimum absolute atomic E-state index is 0.0805. The van der Waals surface area contributed by atoms with Crippen molar-refractivity contribution in [1.82, 2.24) is 4.90 Å². The lowest BCUT2D eigenvalue weighted by atomic mass is 9.60. The highest BCUT2D eigenvalue weighted by molar-refractivity contribution is 5.99. The molecule has 4 aliphatic rings. The molecule has 3 heterocycles. The number of benzene rings is 1. The SMILES string of the molecule is COC(=O)C1=C2N(C=O)c3c(OC)cccc3[C@@]23CCN2C[C@@H]([C@H](C)O)[C@@H]1C[C@H]23. The molecule has 29 heavy (non-hydrogen) atoms. The topological polar surface area (TPSA) is 79.3 Å². The zero-order valence-electron chi connectivity index (χ0n) is 16.9. The Bertz CT molecular complexity index is 926. The molecule has 2 saturated heterocycles. The molecule has 7 heteroatoms. The highest BCUT2D eigenvalue weighted by Gasteiger charge is 2.65. The Hall–Kier alpha value is -2.38. The number of nitrogens with zero attached hydrogens (tertiary/aromatic N) is 2. The van der Waals surface area contributed by atoms with Crippen LogP contribution >= 0.6 is 0 Å². The first-order valence-electron chi connectivity index (χ1n) is 10.2. The van der Waals surface area contributed by atoms with Gasteiger partial charge in [-0.05, 0) is 37.9 Å². The molecule has 1 N–H and O–H groups in total. The third-order valence-electron chi connectivity index (χ3n) is 7.60. The zero-order chi connectivity index (χ0) is 20.5. The third kappa shape index (κ3) is 2.15. The number of aliphatic hydroxyl groups excluding tert-OH is 1. The number of hydrogen-bond donors (Lipinski definition) is 1. The minimum Gasteiger partial charge on any atom is -0.495 e. The number of fused-ring (bicyclic) bond motifs is 2. The van der Waals surface area contributed by atoms with E-state index >= 15 is 0 Å². The molecule has 0 saturated carbocycles. The number of anilines is 1. The van der Waals surface area contributed by atoms with Gasteiger partial charge in [0.15, 0.2) is 0 Å². The average molecular weight is 398 g/mol. The molecule has 154 valence electrons. The van der Waals surface area contributed by atoms with Crippen LogP contribution in [0, 0.1) is 11.8 Å². The molecule has 7 nitrogen and oxygen atoms in total. The summed E-state index contributed by atoms with van der Waals surface area (Å²) in [5, 5.41) is 10.5. The number of hydrogen-bond acceptors (Lipinski definition) is 6. The van der Waals surface area contributed by atoms with E-state index in [0.717, 1.165) is 49.3 Å². The van der Waals surface area contributed by atoms with E-state index < -0.39 is 17.5 Å². The number of aliphatic hydroxyl groups is 1. The summed E-state index contributed by atoms with van der Waals surface area (Å²) in [6.45, 7) is 3.39. The average Bonchev–Trinajstić information content (AvgIpc) is 3.27. The summed E-state index contributed by atoms with van der Waals surface area (Å²) in [5.41, 5.74) is 2.61. The number of methoxy groups -OCH3 is 2. The molecule has 1 aromatic carbocycles. The van der Waals surface area contributed by atoms with E-state index in [2.05, 4.69) is 11.0 Å². The maximum absolute atomic E-state index is 13.1. The number of rotatable bonds is 4. The Morgan fingerprint density at radius 1 is 1.38 bits per heavy atom. The van der Waals surface area contributed by atoms with Gasteiger partial charge < -0.3 is 14.6 Å². The zero-order valence-corrected chi connectivity index (χ0v) is 16.9. The number of ether oxygens (including phenoxy) is 2. The van der Waals surface area contributed by atoms with Crippen LogP contribution in [0.3, 0.4) is 0 Å². The molecule has 5 atom stereocenters. The van der Waals surface area contributed by atoms with Crippen molar-refractivity contribution in [3.63, 3.8) is 0 Å². The van der Waals surface area contributed by atoms with Gasteiger partial charge in [-0.15, -0.1) is 0 Å². The lowest BCUT2D eigenvalue weighted by Gasteiger charge is -2.51. The Kier molecular flexibility index (Phi) is 4.05. The Balaban J connectivity index is 1.86. The van der Waals surface area contributed by atoms with Gasteiger partial charge in [0.05, 0.1) is 37.0 Å². The first-order valence-corrected chi connectivity index (χ1v) is 10.2. The molecular weight excluding hydrogens is 372 g/mol. The van der Waals surface area contributed by atoms with Crippen LogP contribution < -0.4 is 9.64 Å². The molecule has 1 aromatic rings. The lowest BCUT2D eigenvalue weighted by molar-refractivity contribution is -0.138. The third-order valence-corrected chi connectivity index (χ3v) is 7.60. The van der Waals surface area contributed by atoms with Crippen LogP contribution in [0.2, 0.25) is 0 Å². The van der Waals surface area contributed by atoms with Gasteiger partial charge >= 0.3 is 5.97 Å². The summed E-state index contributed by atoms with van der Waals surface area (Å²) in [6.07, 6.45) is 1.82. The first kappa shape index (κ1) is 18.6. The maximum Gasteiger partial charge on any atom is 0.335 e. The largest absolute Gasteiger partial charge is 0.495 e. The fraction of sp³-hybridized carbons (Fsp3) is 0.545. The van der Waals surface area contributed by atoms with Crippen LogP contribution in [-0.4, -0.2) is 61.8 Å². The van der Waals surface area contributed by atoms with Gasteiger partial charge in [0.2, 0.25) is 6.41 Å². The summed E-state index contributed by atoms with van der Waals surface area (Å²) in [5.74, 6) is -0.0154. The van der Waals surface area contributed by atoms with Crippen LogP contribution in [0.25, 0.3) is 0 Å². The molecule has 1 amide bonds. The number of esters is 1. The van der Waals surface area contributed by atoms with Crippen molar-refractivity contribution in [3.8, 4) is 5.75 Å². The highest BCUT2D eigenvalue weighted by atomic mass is 16.5. The van der Waals surface area contributed by atoms with Gasteiger partial charge in [-0.3, -0.25) is 14.6 Å². The fourth-order valence-electron chi connectivity index (χ4n) is 6.51. The van der Waals surface area contributed by atoms with Crippen molar-refractivity contribution in [2.75, 3.05) is 32.2 Å². The highest BCUT2D eigenvalue weighted by Crippen LogP contribution is 2.64. The van der Waals surface area contributed by atoms with Crippen LogP contribution in [0.15, 0.2) is 29.5 Å². The number of carbonyl (C=O) groups is 2. The molecule has 3 aliphatic heterocycles. The number of piperidine rings is 1. The molecule has 2 fully saturated rings. The van der Waals surface area contributed by atoms with Crippen LogP contribution in [0.4, 0.5) is 5.69 Å². The van der Waals surface area contributed by atoms with Crippen molar-refractivity contribution in [3.05, 3.63) is 35.0 Å². The van der Waals surface area contributed by atoms with E-state index in [4.69, 9.17) is 9.47 Å². The molecule has 5 rings (SSSR count). The van der Waals surface area contributed by atoms with Crippen molar-refractivity contribution < 1.29 is 24.2 Å². The predicted octanol–water partition coefficient (Wildman–Crippen LogP) is 1.44. The van der Waals surface area contributed by atoms with Crippen molar-refractivity contribution in [2.45, 2.75) is 37.3 Å². The summed E-state index contributed by atoms with van der Waals surface area (Å²) in [7, 11) is 2.97. The number of para-hydroxylation sites is 1. The van der Waals surface area contributed by atoms with E-state index in [1.807, 2.05) is 12.1 Å². The minimum atomic E-state index is -0.558. The summed E-state index contributed by atoms with van der Waals surface area (Å²) in [6, 6.07) is 6.04. The van der Waals surface area contributed by atoms with Gasteiger partial charge in [0, 0.05) is 30.1 Å². The van der Waals surface area contributed by atoms with Gasteiger partial charge in [-0.2, -0.15) is 0 Å². The second-order valence-electron chi connectivity index (χ2n) is 8.56. The van der Waals surface area contributed by atoms with Crippen molar-refractivity contribution in [1.29, 1.82) is 0 Å². The smallest absolute Gasteiger partial charge is 0.335 e. The van der Waals surface area contributed by atoms with E-state index in [9.17, 15) is 14.7 Å². The molecule has 0 radical (unpaired) electrons. The molecule has 2 bridgehead atoms. The number of amides is 1. The fourth-order valence-corrected chi connectivity index (χ4v) is 6.51. The second-order valence-corrected chi connectivity index (χ2v) is 8.56. The predicted molar refractivity (Wildman–Crippen MR) is 106 cm³/mol. The monoisotopic (exact) mass is 398 g/mol. The van der Waals surface area contributed by atoms with Gasteiger partial charge in [0.25, 0.3) is 0 Å². The maximum atomic E-state index is 13.1. The Morgan fingerprint density at radius 2 is 2.17 bits per heavy atom. The normalized spacial score (nSPS) is 33.2. The quantitative estimate of drug-likeness (QED) is 0.611. The van der Waals surface area contributed by atoms with Crippen molar-refractivity contribution >= 4 is 18.1 Å². The lowest BCUT2D eigenvalue weighted by Crippen LogP contribution is -2.58. The van der Waals surface area contributed by atoms with Gasteiger partial charge in [0.1, 0.15) is 5.75 Å². The van der Waals surface area contributed by atoms with Crippen LogP contribution in [0.5, 0.6) is 5.75 Å².